The zero-order chi connectivity index (χ0) is 23.1. The zero-order valence-corrected chi connectivity index (χ0v) is 18.9. The number of hydrogen-bond acceptors (Lipinski definition) is 6. The smallest absolute Gasteiger partial charge is 0.303 e. The van der Waals surface area contributed by atoms with Crippen molar-refractivity contribution in [2.45, 2.75) is 25.9 Å². The van der Waals surface area contributed by atoms with E-state index >= 15 is 0 Å². The van der Waals surface area contributed by atoms with Gasteiger partial charge in [-0.05, 0) is 62.3 Å². The molecule has 1 atom stereocenters. The molecular formula is C25H31FN2O4. The molecule has 1 aliphatic rings. The minimum Gasteiger partial charge on any atom is -0.490 e. The second kappa shape index (κ2) is 11.1. The SMILES string of the molecule is CC(=O)OC(COc1cccc(N(C)C)c1)CN1CCC(C(=O)c2ccc(F)cc2)CC1. The summed E-state index contributed by atoms with van der Waals surface area (Å²) in [4.78, 5) is 28.5. The van der Waals surface area contributed by atoms with Gasteiger partial charge in [0, 0.05) is 50.8 Å². The van der Waals surface area contributed by atoms with Crippen LogP contribution in [-0.2, 0) is 9.53 Å². The Morgan fingerprint density at radius 3 is 2.44 bits per heavy atom. The summed E-state index contributed by atoms with van der Waals surface area (Å²) in [6.07, 6.45) is 1.03. The van der Waals surface area contributed by atoms with Crippen LogP contribution < -0.4 is 9.64 Å². The molecule has 1 aliphatic heterocycles. The molecular weight excluding hydrogens is 411 g/mol. The number of esters is 1. The Hall–Kier alpha value is -2.93. The fraction of sp³-hybridized carbons (Fsp3) is 0.440. The van der Waals surface area contributed by atoms with Crippen LogP contribution in [0.3, 0.4) is 0 Å². The van der Waals surface area contributed by atoms with Gasteiger partial charge in [0.25, 0.3) is 0 Å². The summed E-state index contributed by atoms with van der Waals surface area (Å²) < 4.78 is 24.5. The number of likely N-dealkylation sites (tertiary alicyclic amines) is 1. The molecule has 0 amide bonds. The minimum absolute atomic E-state index is 0.0605. The summed E-state index contributed by atoms with van der Waals surface area (Å²) in [7, 11) is 3.93. The van der Waals surface area contributed by atoms with Crippen molar-refractivity contribution in [3.63, 3.8) is 0 Å². The van der Waals surface area contributed by atoms with Crippen LogP contribution in [0.1, 0.15) is 30.1 Å². The normalized spacial score (nSPS) is 15.8. The lowest BCUT2D eigenvalue weighted by Gasteiger charge is -2.33. The van der Waals surface area contributed by atoms with Crippen LogP contribution in [0.5, 0.6) is 5.75 Å². The van der Waals surface area contributed by atoms with Gasteiger partial charge in [-0.25, -0.2) is 4.39 Å². The van der Waals surface area contributed by atoms with Crippen LogP contribution in [0.4, 0.5) is 10.1 Å². The minimum atomic E-state index is -0.403. The van der Waals surface area contributed by atoms with E-state index in [1.54, 1.807) is 12.1 Å². The molecule has 2 aromatic rings. The standard InChI is InChI=1S/C25H31FN2O4/c1-18(29)32-24(17-31-23-6-4-5-22(15-23)27(2)3)16-28-13-11-20(12-14-28)25(30)19-7-9-21(26)10-8-19/h4-10,15,20,24H,11-14,16-17H2,1-3H3. The van der Waals surface area contributed by atoms with E-state index < -0.39 is 6.10 Å². The number of nitrogens with zero attached hydrogens (tertiary/aromatic N) is 2. The Morgan fingerprint density at radius 1 is 1.12 bits per heavy atom. The van der Waals surface area contributed by atoms with Gasteiger partial charge >= 0.3 is 5.97 Å². The van der Waals surface area contributed by atoms with Gasteiger partial charge in [0.05, 0.1) is 0 Å². The van der Waals surface area contributed by atoms with Gasteiger partial charge in [-0.2, -0.15) is 0 Å². The number of ketones is 1. The first kappa shape index (κ1) is 23.7. The molecule has 1 unspecified atom stereocenters. The van der Waals surface area contributed by atoms with E-state index in [4.69, 9.17) is 9.47 Å². The van der Waals surface area contributed by atoms with Crippen LogP contribution in [0, 0.1) is 11.7 Å². The first-order valence-electron chi connectivity index (χ1n) is 10.9. The summed E-state index contributed by atoms with van der Waals surface area (Å²) in [6, 6.07) is 13.5. The average Bonchev–Trinajstić information content (AvgIpc) is 2.78. The van der Waals surface area contributed by atoms with Crippen molar-refractivity contribution in [2.75, 3.05) is 45.2 Å². The quantitative estimate of drug-likeness (QED) is 0.435. The van der Waals surface area contributed by atoms with Gasteiger partial charge in [0.2, 0.25) is 0 Å². The summed E-state index contributed by atoms with van der Waals surface area (Å²) in [6.45, 7) is 3.65. The van der Waals surface area contributed by atoms with Crippen molar-refractivity contribution in [1.82, 2.24) is 4.90 Å². The van der Waals surface area contributed by atoms with Crippen LogP contribution in [-0.4, -0.2) is 63.1 Å². The third-order valence-electron chi connectivity index (χ3n) is 5.65. The molecule has 0 saturated carbocycles. The van der Waals surface area contributed by atoms with E-state index in [9.17, 15) is 14.0 Å². The van der Waals surface area contributed by atoms with Crippen LogP contribution >= 0.6 is 0 Å². The number of rotatable bonds is 9. The molecule has 2 aromatic carbocycles. The van der Waals surface area contributed by atoms with E-state index in [1.807, 2.05) is 43.3 Å². The first-order chi connectivity index (χ1) is 15.3. The molecule has 0 radical (unpaired) electrons. The number of carbonyl (C=O) groups excluding carboxylic acids is 2. The first-order valence-corrected chi connectivity index (χ1v) is 10.9. The zero-order valence-electron chi connectivity index (χ0n) is 18.9. The Balaban J connectivity index is 1.52. The number of Topliss-reactive ketones (excluding diaryl/α,β-unsaturated/α-hetero) is 1. The molecule has 6 nitrogen and oxygen atoms in total. The van der Waals surface area contributed by atoms with Gasteiger partial charge < -0.3 is 14.4 Å². The summed E-state index contributed by atoms with van der Waals surface area (Å²) >= 11 is 0. The number of ether oxygens (including phenoxy) is 2. The molecule has 0 N–H and O–H groups in total. The molecule has 0 bridgehead atoms. The van der Waals surface area contributed by atoms with Crippen molar-refractivity contribution in [3.05, 3.63) is 59.9 Å². The van der Waals surface area contributed by atoms with E-state index in [0.717, 1.165) is 37.4 Å². The number of anilines is 1. The number of benzene rings is 2. The molecule has 0 aliphatic carbocycles. The fourth-order valence-electron chi connectivity index (χ4n) is 3.91. The van der Waals surface area contributed by atoms with E-state index in [0.29, 0.717) is 12.1 Å². The number of halogens is 1. The van der Waals surface area contributed by atoms with Crippen molar-refractivity contribution in [1.29, 1.82) is 0 Å². The lowest BCUT2D eigenvalue weighted by Crippen LogP contribution is -2.43. The summed E-state index contributed by atoms with van der Waals surface area (Å²) in [5.41, 5.74) is 1.58. The highest BCUT2D eigenvalue weighted by Crippen LogP contribution is 2.23. The molecule has 3 rings (SSSR count). The third kappa shape index (κ3) is 6.79. The van der Waals surface area contributed by atoms with Crippen molar-refractivity contribution >= 4 is 17.4 Å². The number of hydrogen-bond donors (Lipinski definition) is 0. The average molecular weight is 443 g/mol. The van der Waals surface area contributed by atoms with Crippen molar-refractivity contribution in [3.8, 4) is 5.75 Å². The lowest BCUT2D eigenvalue weighted by atomic mass is 9.89. The highest BCUT2D eigenvalue weighted by Gasteiger charge is 2.28. The van der Waals surface area contributed by atoms with Crippen LogP contribution in [0.15, 0.2) is 48.5 Å². The molecule has 1 fully saturated rings. The summed E-state index contributed by atoms with van der Waals surface area (Å²) in [5, 5.41) is 0. The van der Waals surface area contributed by atoms with E-state index in [1.165, 1.54) is 19.1 Å². The highest BCUT2D eigenvalue weighted by molar-refractivity contribution is 5.97. The third-order valence-corrected chi connectivity index (χ3v) is 5.65. The van der Waals surface area contributed by atoms with Crippen LogP contribution in [0.2, 0.25) is 0 Å². The number of carbonyl (C=O) groups is 2. The maximum Gasteiger partial charge on any atom is 0.303 e. The Labute approximate surface area is 188 Å². The monoisotopic (exact) mass is 442 g/mol. The molecule has 1 saturated heterocycles. The maximum atomic E-state index is 13.1. The van der Waals surface area contributed by atoms with Gasteiger partial charge in [-0.15, -0.1) is 0 Å². The maximum absolute atomic E-state index is 13.1. The topological polar surface area (TPSA) is 59.1 Å². The van der Waals surface area contributed by atoms with Crippen LogP contribution in [0.25, 0.3) is 0 Å². The predicted molar refractivity (Wildman–Crippen MR) is 122 cm³/mol. The second-order valence-electron chi connectivity index (χ2n) is 8.38. The lowest BCUT2D eigenvalue weighted by molar-refractivity contribution is -0.149. The van der Waals surface area contributed by atoms with E-state index in [-0.39, 0.29) is 30.1 Å². The second-order valence-corrected chi connectivity index (χ2v) is 8.38. The predicted octanol–water partition coefficient (Wildman–Crippen LogP) is 3.80. The highest BCUT2D eigenvalue weighted by atomic mass is 19.1. The molecule has 0 spiro atoms. The summed E-state index contributed by atoms with van der Waals surface area (Å²) in [5.74, 6) is 0.0155. The Morgan fingerprint density at radius 2 is 1.81 bits per heavy atom. The van der Waals surface area contributed by atoms with Gasteiger partial charge in [0.15, 0.2) is 5.78 Å². The molecule has 172 valence electrons. The molecule has 32 heavy (non-hydrogen) atoms. The van der Waals surface area contributed by atoms with E-state index in [2.05, 4.69) is 4.90 Å². The Kier molecular flexibility index (Phi) is 8.22. The van der Waals surface area contributed by atoms with Gasteiger partial charge in [-0.3, -0.25) is 14.5 Å². The van der Waals surface area contributed by atoms with Crippen molar-refractivity contribution < 1.29 is 23.5 Å². The fourth-order valence-corrected chi connectivity index (χ4v) is 3.91. The Bertz CT molecular complexity index is 908. The van der Waals surface area contributed by atoms with Crippen molar-refractivity contribution in [2.24, 2.45) is 5.92 Å². The molecule has 0 aromatic heterocycles. The number of piperidine rings is 1. The van der Waals surface area contributed by atoms with Gasteiger partial charge in [0.1, 0.15) is 24.3 Å². The van der Waals surface area contributed by atoms with Gasteiger partial charge in [-0.1, -0.05) is 6.07 Å². The molecule has 7 heteroatoms. The largest absolute Gasteiger partial charge is 0.490 e. The molecule has 1 heterocycles.